The molecule has 1 aliphatic rings. The van der Waals surface area contributed by atoms with Gasteiger partial charge < -0.3 is 0 Å². The highest BCUT2D eigenvalue weighted by atomic mass is 16.1. The van der Waals surface area contributed by atoms with Crippen LogP contribution in [0.1, 0.15) is 13.8 Å². The summed E-state index contributed by atoms with van der Waals surface area (Å²) in [5.41, 5.74) is 2.44. The maximum absolute atomic E-state index is 8.93. The van der Waals surface area contributed by atoms with E-state index in [0.717, 1.165) is 0 Å². The highest BCUT2D eigenvalue weighted by Crippen LogP contribution is 2.10. The van der Waals surface area contributed by atoms with Crippen LogP contribution in [0.15, 0.2) is 35.5 Å². The molecule has 1 rings (SSSR count). The van der Waals surface area contributed by atoms with Gasteiger partial charge in [0.25, 0.3) is 0 Å². The van der Waals surface area contributed by atoms with Crippen LogP contribution in [-0.4, -0.2) is 10.6 Å². The first-order valence-electron chi connectivity index (χ1n) is 3.29. The van der Waals surface area contributed by atoms with E-state index in [1.54, 1.807) is 12.2 Å². The van der Waals surface area contributed by atoms with Gasteiger partial charge in [-0.1, -0.05) is 5.57 Å². The van der Waals surface area contributed by atoms with Crippen molar-refractivity contribution in [3.63, 3.8) is 0 Å². The molecule has 0 bridgehead atoms. The van der Waals surface area contributed by atoms with Gasteiger partial charge in [0.05, 0.1) is 0 Å². The molecule has 0 atom stereocenters. The fraction of sp³-hybridized carbons (Fsp3) is 0.222. The Morgan fingerprint density at radius 1 is 1.10 bits per heavy atom. The molecule has 0 saturated heterocycles. The number of allylic oxidation sites excluding steroid dienone is 6. The lowest BCUT2D eigenvalue weighted by atomic mass is 10.1. The molecule has 0 saturated carbocycles. The summed E-state index contributed by atoms with van der Waals surface area (Å²) in [6, 6.07) is 0. The third kappa shape index (κ3) is 1.44. The standard InChI is InChI=1S/C9H10O/c1-7(2)8-3-5-9(10)6-4-8/h3-6H,1-2H3/p+1. The minimum atomic E-state index is 0.324. The van der Waals surface area contributed by atoms with Crippen LogP contribution in [0.25, 0.3) is 0 Å². The molecular weight excluding hydrogens is 124 g/mol. The summed E-state index contributed by atoms with van der Waals surface area (Å²) in [5.74, 6) is 0.324. The van der Waals surface area contributed by atoms with Crippen LogP contribution in [0, 0.1) is 0 Å². The van der Waals surface area contributed by atoms with E-state index in [1.807, 2.05) is 26.0 Å². The maximum atomic E-state index is 8.93. The molecule has 0 aromatic heterocycles. The van der Waals surface area contributed by atoms with Gasteiger partial charge in [-0.3, -0.25) is 4.79 Å². The van der Waals surface area contributed by atoms with Crippen LogP contribution >= 0.6 is 0 Å². The SMILES string of the molecule is CC(C)=C1C=CC(=[OH+])C=C1. The van der Waals surface area contributed by atoms with Crippen molar-refractivity contribution in [2.24, 2.45) is 0 Å². The average molecular weight is 135 g/mol. The molecule has 1 heteroatoms. The highest BCUT2D eigenvalue weighted by molar-refractivity contribution is 6.02. The molecule has 1 N–H and O–H groups in total. The maximum Gasteiger partial charge on any atom is 0.340 e. The molecule has 10 heavy (non-hydrogen) atoms. The summed E-state index contributed by atoms with van der Waals surface area (Å²) >= 11 is 0. The predicted octanol–water partition coefficient (Wildman–Crippen LogP) is 1.99. The Morgan fingerprint density at radius 2 is 1.60 bits per heavy atom. The lowest BCUT2D eigenvalue weighted by Crippen LogP contribution is -1.92. The summed E-state index contributed by atoms with van der Waals surface area (Å²) in [4.78, 5) is 8.93. The van der Waals surface area contributed by atoms with Crippen molar-refractivity contribution in [2.45, 2.75) is 13.8 Å². The summed E-state index contributed by atoms with van der Waals surface area (Å²) in [7, 11) is 0. The quantitative estimate of drug-likeness (QED) is 0.453. The first-order valence-corrected chi connectivity index (χ1v) is 3.29. The van der Waals surface area contributed by atoms with Crippen molar-refractivity contribution in [2.75, 3.05) is 0 Å². The summed E-state index contributed by atoms with van der Waals surface area (Å²) in [5, 5.41) is 0. The average Bonchev–Trinajstić information content (AvgIpc) is 1.88. The number of hydrogen-bond donors (Lipinski definition) is 0. The van der Waals surface area contributed by atoms with Crippen molar-refractivity contribution < 1.29 is 4.79 Å². The predicted molar refractivity (Wildman–Crippen MR) is 43.6 cm³/mol. The van der Waals surface area contributed by atoms with Crippen molar-refractivity contribution in [1.82, 2.24) is 0 Å². The summed E-state index contributed by atoms with van der Waals surface area (Å²) in [6.07, 6.45) is 7.21. The minimum absolute atomic E-state index is 0.324. The Kier molecular flexibility index (Phi) is 1.86. The Hall–Kier alpha value is -1.11. The number of rotatable bonds is 0. The fourth-order valence-electron chi connectivity index (χ4n) is 0.795. The first kappa shape index (κ1) is 7.00. The van der Waals surface area contributed by atoms with Crippen LogP contribution in [0.5, 0.6) is 0 Å². The van der Waals surface area contributed by atoms with Crippen LogP contribution in [0.4, 0.5) is 0 Å². The van der Waals surface area contributed by atoms with Gasteiger partial charge in [-0.05, 0) is 31.6 Å². The second-order valence-corrected chi connectivity index (χ2v) is 2.55. The van der Waals surface area contributed by atoms with Gasteiger partial charge in [-0.2, -0.15) is 0 Å². The van der Waals surface area contributed by atoms with Crippen LogP contribution in [0.3, 0.4) is 0 Å². The zero-order chi connectivity index (χ0) is 7.56. The fourth-order valence-corrected chi connectivity index (χ4v) is 0.795. The molecule has 0 fully saturated rings. The Bertz CT molecular complexity index is 219. The van der Waals surface area contributed by atoms with E-state index in [-0.39, 0.29) is 0 Å². The van der Waals surface area contributed by atoms with Crippen molar-refractivity contribution in [3.8, 4) is 0 Å². The summed E-state index contributed by atoms with van der Waals surface area (Å²) < 4.78 is 0. The molecular formula is C9H11O+. The number of ketones is 1. The number of hydrogen-bond acceptors (Lipinski definition) is 0. The van der Waals surface area contributed by atoms with Gasteiger partial charge in [0, 0.05) is 12.2 Å². The molecule has 0 spiro atoms. The van der Waals surface area contributed by atoms with E-state index < -0.39 is 0 Å². The molecule has 0 heterocycles. The van der Waals surface area contributed by atoms with E-state index in [9.17, 15) is 0 Å². The van der Waals surface area contributed by atoms with Crippen LogP contribution in [-0.2, 0) is 0 Å². The second kappa shape index (κ2) is 2.65. The van der Waals surface area contributed by atoms with Gasteiger partial charge in [-0.15, -0.1) is 0 Å². The smallest absolute Gasteiger partial charge is 0.274 e. The Morgan fingerprint density at radius 3 is 2.00 bits per heavy atom. The largest absolute Gasteiger partial charge is 0.340 e. The van der Waals surface area contributed by atoms with Gasteiger partial charge in [0.1, 0.15) is 0 Å². The van der Waals surface area contributed by atoms with Crippen molar-refractivity contribution >= 4 is 5.78 Å². The zero-order valence-electron chi connectivity index (χ0n) is 6.26. The molecule has 1 aliphatic carbocycles. The molecule has 0 aliphatic heterocycles. The van der Waals surface area contributed by atoms with Crippen LogP contribution < -0.4 is 0 Å². The second-order valence-electron chi connectivity index (χ2n) is 2.55. The van der Waals surface area contributed by atoms with E-state index >= 15 is 0 Å². The molecule has 0 radical (unpaired) electrons. The van der Waals surface area contributed by atoms with E-state index in [4.69, 9.17) is 4.79 Å². The molecule has 52 valence electrons. The van der Waals surface area contributed by atoms with Gasteiger partial charge in [0.2, 0.25) is 0 Å². The van der Waals surface area contributed by atoms with Gasteiger partial charge >= 0.3 is 5.78 Å². The third-order valence-electron chi connectivity index (χ3n) is 1.44. The topological polar surface area (TPSA) is 21.4 Å². The van der Waals surface area contributed by atoms with Crippen LogP contribution in [0.2, 0.25) is 0 Å². The van der Waals surface area contributed by atoms with Gasteiger partial charge in [-0.25, -0.2) is 0 Å². The third-order valence-corrected chi connectivity index (χ3v) is 1.44. The molecule has 1 nitrogen and oxygen atoms in total. The minimum Gasteiger partial charge on any atom is -0.274 e. The molecule has 0 aromatic rings. The zero-order valence-corrected chi connectivity index (χ0v) is 6.26. The lowest BCUT2D eigenvalue weighted by Gasteiger charge is -1.98. The van der Waals surface area contributed by atoms with Crippen molar-refractivity contribution in [3.05, 3.63) is 35.5 Å². The first-order chi connectivity index (χ1) is 4.70. The number of carbonyl (C=O) groups excluding carboxylic acids is 1. The Balaban J connectivity index is 2.91. The highest BCUT2D eigenvalue weighted by Gasteiger charge is 2.03. The van der Waals surface area contributed by atoms with Crippen molar-refractivity contribution in [1.29, 1.82) is 0 Å². The molecule has 0 amide bonds. The normalized spacial score (nSPS) is 16.2. The molecule has 0 aromatic carbocycles. The lowest BCUT2D eigenvalue weighted by molar-refractivity contribution is 0.683. The van der Waals surface area contributed by atoms with Gasteiger partial charge in [0.15, 0.2) is 0 Å². The van der Waals surface area contributed by atoms with E-state index in [0.29, 0.717) is 5.78 Å². The van der Waals surface area contributed by atoms with E-state index in [1.165, 1.54) is 11.1 Å². The Labute approximate surface area is 60.7 Å². The summed E-state index contributed by atoms with van der Waals surface area (Å²) in [6.45, 7) is 4.10. The van der Waals surface area contributed by atoms with E-state index in [2.05, 4.69) is 0 Å². The molecule has 0 unspecified atom stereocenters. The monoisotopic (exact) mass is 135 g/mol.